The Morgan fingerprint density at radius 3 is 2.44 bits per heavy atom. The highest BCUT2D eigenvalue weighted by atomic mass is 32.2. The Hall–Kier alpha value is -1.10. The number of carbonyl (C=O) groups excluding carboxylic acids is 1. The minimum absolute atomic E-state index is 0.0744. The molecule has 0 atom stereocenters. The number of benzene rings is 1. The molecule has 1 aromatic rings. The topological polar surface area (TPSA) is 29.1 Å². The second-order valence-corrected chi connectivity index (χ2v) is 4.91. The fraction of sp³-hybridized carbons (Fsp3) is 0.462. The number of amides is 1. The maximum atomic E-state index is 12.4. The van der Waals surface area contributed by atoms with Gasteiger partial charge in [-0.15, -0.1) is 0 Å². The summed E-state index contributed by atoms with van der Waals surface area (Å²) < 4.78 is 24.8. The van der Waals surface area contributed by atoms with E-state index in [-0.39, 0.29) is 11.8 Å². The van der Waals surface area contributed by atoms with Gasteiger partial charge in [-0.25, -0.2) is 0 Å². The van der Waals surface area contributed by atoms with Crippen molar-refractivity contribution in [2.75, 3.05) is 5.32 Å². The highest BCUT2D eigenvalue weighted by Gasteiger charge is 2.16. The Labute approximate surface area is 110 Å². The molecule has 0 aliphatic carbocycles. The minimum Gasteiger partial charge on any atom is -0.325 e. The first-order valence-electron chi connectivity index (χ1n) is 5.93. The zero-order valence-corrected chi connectivity index (χ0v) is 11.3. The summed E-state index contributed by atoms with van der Waals surface area (Å²) in [6, 6.07) is 6.62. The molecule has 0 bridgehead atoms. The number of hydrogen-bond donors (Lipinski definition) is 1. The largest absolute Gasteiger partial charge is 0.325 e. The number of carbonyl (C=O) groups is 1. The van der Waals surface area contributed by atoms with Gasteiger partial charge in [0, 0.05) is 10.8 Å². The second kappa shape index (κ2) is 7.36. The molecule has 1 aromatic carbocycles. The van der Waals surface area contributed by atoms with Gasteiger partial charge in [-0.3, -0.25) is 4.79 Å². The van der Waals surface area contributed by atoms with Crippen molar-refractivity contribution >= 4 is 23.4 Å². The number of anilines is 1. The van der Waals surface area contributed by atoms with E-state index in [1.54, 1.807) is 24.3 Å². The van der Waals surface area contributed by atoms with Gasteiger partial charge in [0.15, 0.2) is 0 Å². The van der Waals surface area contributed by atoms with Crippen molar-refractivity contribution in [3.8, 4) is 0 Å². The van der Waals surface area contributed by atoms with Crippen LogP contribution in [0.25, 0.3) is 0 Å². The van der Waals surface area contributed by atoms with Crippen LogP contribution >= 0.6 is 11.8 Å². The third-order valence-corrected chi connectivity index (χ3v) is 3.51. The molecule has 0 spiro atoms. The van der Waals surface area contributed by atoms with Crippen LogP contribution in [-0.2, 0) is 4.79 Å². The summed E-state index contributed by atoms with van der Waals surface area (Å²) in [5.41, 5.74) is 0.458. The molecule has 1 rings (SSSR count). The van der Waals surface area contributed by atoms with E-state index in [9.17, 15) is 13.6 Å². The van der Waals surface area contributed by atoms with Crippen LogP contribution < -0.4 is 5.32 Å². The van der Waals surface area contributed by atoms with Gasteiger partial charge in [-0.2, -0.15) is 8.78 Å². The number of nitrogens with one attached hydrogen (secondary N) is 1. The first-order chi connectivity index (χ1) is 8.58. The van der Waals surface area contributed by atoms with E-state index >= 15 is 0 Å². The van der Waals surface area contributed by atoms with E-state index in [2.05, 4.69) is 5.32 Å². The fourth-order valence-corrected chi connectivity index (χ4v) is 2.26. The monoisotopic (exact) mass is 273 g/mol. The molecule has 0 saturated carbocycles. The van der Waals surface area contributed by atoms with Gasteiger partial charge >= 0.3 is 0 Å². The smallest absolute Gasteiger partial charge is 0.288 e. The average Bonchev–Trinajstić information content (AvgIpc) is 2.32. The first-order valence-corrected chi connectivity index (χ1v) is 6.81. The van der Waals surface area contributed by atoms with Gasteiger partial charge in [0.25, 0.3) is 5.76 Å². The van der Waals surface area contributed by atoms with Crippen LogP contribution in [0.2, 0.25) is 0 Å². The zero-order chi connectivity index (χ0) is 13.5. The Balaban J connectivity index is 2.80. The van der Waals surface area contributed by atoms with E-state index in [0.717, 1.165) is 12.8 Å². The molecular weight excluding hydrogens is 256 g/mol. The molecule has 1 amide bonds. The molecule has 5 heteroatoms. The summed E-state index contributed by atoms with van der Waals surface area (Å²) in [4.78, 5) is 12.3. The van der Waals surface area contributed by atoms with Crippen molar-refractivity contribution in [2.45, 2.75) is 37.3 Å². The van der Waals surface area contributed by atoms with Crippen molar-refractivity contribution in [1.29, 1.82) is 0 Å². The quantitative estimate of drug-likeness (QED) is 0.779. The Kier molecular flexibility index (Phi) is 6.12. The Morgan fingerprint density at radius 2 is 1.89 bits per heavy atom. The van der Waals surface area contributed by atoms with Crippen LogP contribution in [0.1, 0.15) is 26.7 Å². The summed E-state index contributed by atoms with van der Waals surface area (Å²) in [6.07, 6.45) is 1.49. The van der Waals surface area contributed by atoms with E-state index in [1.165, 1.54) is 0 Å². The number of halogens is 2. The number of rotatable bonds is 6. The van der Waals surface area contributed by atoms with Crippen molar-refractivity contribution in [1.82, 2.24) is 0 Å². The van der Waals surface area contributed by atoms with Gasteiger partial charge in [-0.1, -0.05) is 37.7 Å². The summed E-state index contributed by atoms with van der Waals surface area (Å²) in [6.45, 7) is 3.88. The predicted molar refractivity (Wildman–Crippen MR) is 71.0 cm³/mol. The maximum Gasteiger partial charge on any atom is 0.288 e. The van der Waals surface area contributed by atoms with Gasteiger partial charge in [0.2, 0.25) is 5.91 Å². The normalized spacial score (nSPS) is 11.0. The van der Waals surface area contributed by atoms with E-state index < -0.39 is 5.76 Å². The molecule has 100 valence electrons. The Bertz CT molecular complexity index is 394. The predicted octanol–water partition coefficient (Wildman–Crippen LogP) is 4.38. The lowest BCUT2D eigenvalue weighted by atomic mass is 10.0. The van der Waals surface area contributed by atoms with Crippen molar-refractivity contribution in [3.05, 3.63) is 24.3 Å². The van der Waals surface area contributed by atoms with E-state index in [1.807, 2.05) is 13.8 Å². The number of para-hydroxylation sites is 1. The number of alkyl halides is 2. The van der Waals surface area contributed by atoms with Crippen LogP contribution in [0, 0.1) is 5.92 Å². The highest BCUT2D eigenvalue weighted by Crippen LogP contribution is 2.32. The van der Waals surface area contributed by atoms with E-state index in [0.29, 0.717) is 22.3 Å². The van der Waals surface area contributed by atoms with Gasteiger partial charge < -0.3 is 5.32 Å². The first kappa shape index (κ1) is 15.0. The van der Waals surface area contributed by atoms with Gasteiger partial charge in [0.05, 0.1) is 5.69 Å². The van der Waals surface area contributed by atoms with Crippen molar-refractivity contribution in [2.24, 2.45) is 5.92 Å². The van der Waals surface area contributed by atoms with Crippen molar-refractivity contribution in [3.63, 3.8) is 0 Å². The van der Waals surface area contributed by atoms with Crippen LogP contribution in [0.3, 0.4) is 0 Å². The highest BCUT2D eigenvalue weighted by molar-refractivity contribution is 7.99. The minimum atomic E-state index is -2.49. The SMILES string of the molecule is CCC(CC)C(=O)Nc1ccccc1SC(F)F. The molecule has 2 nitrogen and oxygen atoms in total. The molecule has 18 heavy (non-hydrogen) atoms. The van der Waals surface area contributed by atoms with E-state index in [4.69, 9.17) is 0 Å². The molecule has 0 radical (unpaired) electrons. The average molecular weight is 273 g/mol. The van der Waals surface area contributed by atoms with Crippen LogP contribution in [0.15, 0.2) is 29.2 Å². The third-order valence-electron chi connectivity index (χ3n) is 2.72. The molecule has 0 unspecified atom stereocenters. The van der Waals surface area contributed by atoms with Crippen LogP contribution in [-0.4, -0.2) is 11.7 Å². The maximum absolute atomic E-state index is 12.4. The molecule has 0 aliphatic heterocycles. The van der Waals surface area contributed by atoms with Crippen LogP contribution in [0.5, 0.6) is 0 Å². The molecule has 0 aliphatic rings. The summed E-state index contributed by atoms with van der Waals surface area (Å²) in [5.74, 6) is -2.67. The van der Waals surface area contributed by atoms with Crippen LogP contribution in [0.4, 0.5) is 14.5 Å². The standard InChI is InChI=1S/C13H17F2NOS/c1-3-9(4-2)12(17)16-10-7-5-6-8-11(10)18-13(14)15/h5-9,13H,3-4H2,1-2H3,(H,16,17). The number of thioether (sulfide) groups is 1. The second-order valence-electron chi connectivity index (χ2n) is 3.88. The molecule has 0 aromatic heterocycles. The molecule has 0 fully saturated rings. The molecular formula is C13H17F2NOS. The molecule has 0 saturated heterocycles. The third kappa shape index (κ3) is 4.29. The number of hydrogen-bond acceptors (Lipinski definition) is 2. The summed E-state index contributed by atoms with van der Waals surface area (Å²) in [5, 5.41) is 2.72. The molecule has 0 heterocycles. The van der Waals surface area contributed by atoms with Crippen molar-refractivity contribution < 1.29 is 13.6 Å². The lowest BCUT2D eigenvalue weighted by Gasteiger charge is -2.15. The summed E-state index contributed by atoms with van der Waals surface area (Å²) >= 11 is 0.446. The fourth-order valence-electron chi connectivity index (χ4n) is 1.66. The summed E-state index contributed by atoms with van der Waals surface area (Å²) in [7, 11) is 0. The lowest BCUT2D eigenvalue weighted by Crippen LogP contribution is -2.21. The molecule has 1 N–H and O–H groups in total. The van der Waals surface area contributed by atoms with Gasteiger partial charge in [0.1, 0.15) is 0 Å². The lowest BCUT2D eigenvalue weighted by molar-refractivity contribution is -0.120. The van der Waals surface area contributed by atoms with Gasteiger partial charge in [-0.05, 0) is 25.0 Å². The Morgan fingerprint density at radius 1 is 1.28 bits per heavy atom. The zero-order valence-electron chi connectivity index (χ0n) is 10.5.